The molecular formula is C24H27N5O4. The van der Waals surface area contributed by atoms with Gasteiger partial charge in [-0.1, -0.05) is 36.4 Å². The highest BCUT2D eigenvalue weighted by atomic mass is 16.6. The fourth-order valence-electron chi connectivity index (χ4n) is 4.04. The highest BCUT2D eigenvalue weighted by Crippen LogP contribution is 2.32. The summed E-state index contributed by atoms with van der Waals surface area (Å²) in [6.45, 7) is 2.95. The Morgan fingerprint density at radius 2 is 1.91 bits per heavy atom. The molecule has 9 heteroatoms. The van der Waals surface area contributed by atoms with Crippen molar-refractivity contribution in [3.63, 3.8) is 0 Å². The summed E-state index contributed by atoms with van der Waals surface area (Å²) < 4.78 is 7.40. The number of carbonyl (C=O) groups is 1. The van der Waals surface area contributed by atoms with E-state index in [9.17, 15) is 14.9 Å². The van der Waals surface area contributed by atoms with E-state index in [4.69, 9.17) is 4.74 Å². The van der Waals surface area contributed by atoms with Crippen LogP contribution in [0.1, 0.15) is 28.2 Å². The van der Waals surface area contributed by atoms with Gasteiger partial charge in [-0.05, 0) is 24.5 Å². The zero-order valence-corrected chi connectivity index (χ0v) is 18.4. The van der Waals surface area contributed by atoms with Gasteiger partial charge < -0.3 is 19.5 Å². The van der Waals surface area contributed by atoms with Crippen LogP contribution in [0.15, 0.2) is 60.9 Å². The summed E-state index contributed by atoms with van der Waals surface area (Å²) in [6.07, 6.45) is 5.53. The highest BCUT2D eigenvalue weighted by molar-refractivity contribution is 6.01. The Kier molecular flexibility index (Phi) is 7.31. The molecule has 0 atom stereocenters. The number of ether oxygens (including phenoxy) is 1. The molecule has 2 heterocycles. The number of para-hydroxylation sites is 1. The maximum Gasteiger partial charge on any atom is 0.293 e. The average molecular weight is 450 g/mol. The molecule has 0 radical (unpaired) electrons. The third-order valence-corrected chi connectivity index (χ3v) is 5.70. The van der Waals surface area contributed by atoms with Crippen molar-refractivity contribution >= 4 is 17.3 Å². The topological polar surface area (TPSA) is 103 Å². The van der Waals surface area contributed by atoms with E-state index in [-0.39, 0.29) is 23.7 Å². The zero-order valence-electron chi connectivity index (χ0n) is 18.4. The number of imidazole rings is 1. The average Bonchev–Trinajstić information content (AvgIpc) is 3.30. The minimum atomic E-state index is -0.443. The molecule has 1 aliphatic heterocycles. The first-order valence-electron chi connectivity index (χ1n) is 11.1. The van der Waals surface area contributed by atoms with E-state index in [1.165, 1.54) is 11.6 Å². The van der Waals surface area contributed by atoms with E-state index in [2.05, 4.69) is 22.4 Å². The fourth-order valence-corrected chi connectivity index (χ4v) is 4.04. The molecule has 3 aromatic rings. The first kappa shape index (κ1) is 22.5. The number of nitrogens with zero attached hydrogens (tertiary/aromatic N) is 4. The molecule has 0 saturated carbocycles. The Morgan fingerprint density at radius 3 is 2.67 bits per heavy atom. The van der Waals surface area contributed by atoms with Crippen molar-refractivity contribution in [1.29, 1.82) is 0 Å². The van der Waals surface area contributed by atoms with Crippen LogP contribution in [-0.4, -0.2) is 46.7 Å². The minimum absolute atomic E-state index is 0.0769. The second-order valence-corrected chi connectivity index (χ2v) is 7.84. The van der Waals surface area contributed by atoms with Crippen LogP contribution in [0.5, 0.6) is 0 Å². The van der Waals surface area contributed by atoms with Crippen molar-refractivity contribution in [3.8, 4) is 0 Å². The molecule has 1 amide bonds. The summed E-state index contributed by atoms with van der Waals surface area (Å²) in [4.78, 5) is 30.5. The molecule has 1 aromatic heterocycles. The highest BCUT2D eigenvalue weighted by Gasteiger charge is 2.27. The van der Waals surface area contributed by atoms with E-state index in [0.29, 0.717) is 32.0 Å². The Balaban J connectivity index is 1.43. The van der Waals surface area contributed by atoms with Gasteiger partial charge in [-0.15, -0.1) is 0 Å². The van der Waals surface area contributed by atoms with Gasteiger partial charge in [0.2, 0.25) is 0 Å². The normalized spacial score (nSPS) is 13.6. The van der Waals surface area contributed by atoms with Gasteiger partial charge in [0.05, 0.1) is 30.2 Å². The van der Waals surface area contributed by atoms with Gasteiger partial charge in [0.15, 0.2) is 0 Å². The number of amides is 1. The predicted octanol–water partition coefficient (Wildman–Crippen LogP) is 3.19. The van der Waals surface area contributed by atoms with Crippen LogP contribution < -0.4 is 10.2 Å². The fraction of sp³-hybridized carbons (Fsp3) is 0.333. The second kappa shape index (κ2) is 10.7. The lowest BCUT2D eigenvalue weighted by atomic mass is 10.1. The van der Waals surface area contributed by atoms with Crippen LogP contribution in [0.4, 0.5) is 11.4 Å². The third-order valence-electron chi connectivity index (χ3n) is 5.70. The van der Waals surface area contributed by atoms with Gasteiger partial charge in [0.25, 0.3) is 11.6 Å². The van der Waals surface area contributed by atoms with Crippen LogP contribution in [0, 0.1) is 10.1 Å². The molecule has 0 spiro atoms. The zero-order chi connectivity index (χ0) is 23.0. The second-order valence-electron chi connectivity index (χ2n) is 7.84. The van der Waals surface area contributed by atoms with Crippen LogP contribution >= 0.6 is 0 Å². The number of aromatic nitrogens is 2. The van der Waals surface area contributed by atoms with E-state index in [1.807, 2.05) is 33.9 Å². The molecular weight excluding hydrogens is 422 g/mol. The molecule has 1 fully saturated rings. The number of benzene rings is 2. The number of rotatable bonds is 9. The van der Waals surface area contributed by atoms with Crippen molar-refractivity contribution in [1.82, 2.24) is 14.9 Å². The van der Waals surface area contributed by atoms with Gasteiger partial charge in [0, 0.05) is 38.1 Å². The van der Waals surface area contributed by atoms with Crippen molar-refractivity contribution in [2.45, 2.75) is 25.9 Å². The number of anilines is 1. The maximum absolute atomic E-state index is 13.1. The Labute approximate surface area is 192 Å². The number of nitro groups is 1. The maximum atomic E-state index is 13.1. The summed E-state index contributed by atoms with van der Waals surface area (Å²) in [5, 5.41) is 14.5. The Morgan fingerprint density at radius 1 is 1.12 bits per heavy atom. The van der Waals surface area contributed by atoms with Crippen LogP contribution in [0.3, 0.4) is 0 Å². The van der Waals surface area contributed by atoms with Gasteiger partial charge in [-0.2, -0.15) is 0 Å². The van der Waals surface area contributed by atoms with E-state index < -0.39 is 4.92 Å². The first-order valence-corrected chi connectivity index (χ1v) is 11.1. The predicted molar refractivity (Wildman–Crippen MR) is 124 cm³/mol. The van der Waals surface area contributed by atoms with E-state index in [0.717, 1.165) is 25.2 Å². The summed E-state index contributed by atoms with van der Waals surface area (Å²) in [7, 11) is 0. The van der Waals surface area contributed by atoms with Crippen LogP contribution in [-0.2, 0) is 24.2 Å². The molecule has 4 rings (SSSR count). The molecule has 0 aliphatic carbocycles. The van der Waals surface area contributed by atoms with E-state index >= 15 is 0 Å². The Bertz CT molecular complexity index is 1090. The lowest BCUT2D eigenvalue weighted by molar-refractivity contribution is -0.384. The summed E-state index contributed by atoms with van der Waals surface area (Å²) in [5.74, 6) is 0.383. The molecule has 1 aliphatic rings. The van der Waals surface area contributed by atoms with Crippen molar-refractivity contribution in [2.75, 3.05) is 31.2 Å². The number of carbonyl (C=O) groups excluding carboxylic acids is 1. The lowest BCUT2D eigenvalue weighted by Gasteiger charge is -2.29. The number of hydrogen-bond donors (Lipinski definition) is 1. The quantitative estimate of drug-likeness (QED) is 0.398. The summed E-state index contributed by atoms with van der Waals surface area (Å²) in [6, 6.07) is 14.9. The monoisotopic (exact) mass is 449 g/mol. The van der Waals surface area contributed by atoms with Gasteiger partial charge in [-0.3, -0.25) is 14.9 Å². The minimum Gasteiger partial charge on any atom is -0.378 e. The van der Waals surface area contributed by atoms with Crippen molar-refractivity contribution in [2.24, 2.45) is 0 Å². The largest absolute Gasteiger partial charge is 0.378 e. The summed E-state index contributed by atoms with van der Waals surface area (Å²) >= 11 is 0. The van der Waals surface area contributed by atoms with Crippen molar-refractivity contribution in [3.05, 3.63) is 88.0 Å². The number of morpholine rings is 1. The smallest absolute Gasteiger partial charge is 0.293 e. The third kappa shape index (κ3) is 5.56. The van der Waals surface area contributed by atoms with Gasteiger partial charge in [-0.25, -0.2) is 4.98 Å². The molecule has 9 nitrogen and oxygen atoms in total. The molecule has 1 saturated heterocycles. The molecule has 2 aromatic carbocycles. The number of hydrogen-bond acceptors (Lipinski definition) is 6. The number of nitro benzene ring substituents is 1. The number of aryl methyl sites for hydroxylation is 2. The number of nitrogens with one attached hydrogen (secondary N) is 1. The van der Waals surface area contributed by atoms with Gasteiger partial charge in [0.1, 0.15) is 11.5 Å². The van der Waals surface area contributed by atoms with Crippen molar-refractivity contribution < 1.29 is 14.5 Å². The summed E-state index contributed by atoms with van der Waals surface area (Å²) in [5.41, 5.74) is 1.84. The van der Waals surface area contributed by atoms with Gasteiger partial charge >= 0.3 is 0 Å². The molecule has 0 unspecified atom stereocenters. The standard InChI is InChI=1S/C24H27N5O4/c30-24(20-9-4-10-21(29(31)32)23(20)28-14-16-33-17-15-28)26-18-22-25-11-13-27(22)12-5-8-19-6-2-1-3-7-19/h1-4,6-7,9-11,13H,5,8,12,14-18H2,(H,26,30). The molecule has 172 valence electrons. The molecule has 0 bridgehead atoms. The Hall–Kier alpha value is -3.72. The van der Waals surface area contributed by atoms with Crippen LogP contribution in [0.2, 0.25) is 0 Å². The van der Waals surface area contributed by atoms with E-state index in [1.54, 1.807) is 18.3 Å². The van der Waals surface area contributed by atoms with Crippen LogP contribution in [0.25, 0.3) is 0 Å². The lowest BCUT2D eigenvalue weighted by Crippen LogP contribution is -2.38. The first-order chi connectivity index (χ1) is 16.1. The molecule has 33 heavy (non-hydrogen) atoms. The SMILES string of the molecule is O=C(NCc1nccn1CCCc1ccccc1)c1cccc([N+](=O)[O-])c1N1CCOCC1. The molecule has 1 N–H and O–H groups in total.